The van der Waals surface area contributed by atoms with Gasteiger partial charge in [0.25, 0.3) is 5.91 Å². The predicted molar refractivity (Wildman–Crippen MR) is 115 cm³/mol. The summed E-state index contributed by atoms with van der Waals surface area (Å²) in [5, 5.41) is 7.92. The van der Waals surface area contributed by atoms with Gasteiger partial charge in [0.1, 0.15) is 11.5 Å². The summed E-state index contributed by atoms with van der Waals surface area (Å²) >= 11 is 0. The van der Waals surface area contributed by atoms with Crippen molar-refractivity contribution in [1.29, 1.82) is 0 Å². The topological polar surface area (TPSA) is 103 Å². The second kappa shape index (κ2) is 7.98. The number of halogens is 1. The molecule has 0 unspecified atom stereocenters. The van der Waals surface area contributed by atoms with E-state index in [1.165, 1.54) is 18.2 Å². The molecule has 7 nitrogen and oxygen atoms in total. The number of para-hydroxylation sites is 1. The highest BCUT2D eigenvalue weighted by atomic mass is 19.1. The zero-order valence-corrected chi connectivity index (χ0v) is 17.0. The third-order valence-electron chi connectivity index (χ3n) is 5.08. The number of aromatic nitrogens is 3. The summed E-state index contributed by atoms with van der Waals surface area (Å²) in [6.07, 6.45) is 0. The van der Waals surface area contributed by atoms with Crippen molar-refractivity contribution in [2.75, 3.05) is 5.32 Å². The van der Waals surface area contributed by atoms with Gasteiger partial charge in [0, 0.05) is 5.39 Å². The van der Waals surface area contributed by atoms with Gasteiger partial charge in [-0.15, -0.1) is 0 Å². The fourth-order valence-corrected chi connectivity index (χ4v) is 3.47. The fraction of sp³-hybridized carbons (Fsp3) is 0.130. The number of nitrogens with one attached hydrogen (secondary N) is 1. The Bertz CT molecular complexity index is 1310. The summed E-state index contributed by atoms with van der Waals surface area (Å²) in [4.78, 5) is 29.2. The second-order valence-electron chi connectivity index (χ2n) is 7.22. The van der Waals surface area contributed by atoms with Crippen molar-refractivity contribution < 1.29 is 14.0 Å². The van der Waals surface area contributed by atoms with Gasteiger partial charge in [-0.2, -0.15) is 5.10 Å². The van der Waals surface area contributed by atoms with E-state index in [1.54, 1.807) is 48.0 Å². The molecule has 2 aromatic carbocycles. The minimum absolute atomic E-state index is 0.0811. The van der Waals surface area contributed by atoms with Crippen LogP contribution in [0.15, 0.2) is 54.6 Å². The van der Waals surface area contributed by atoms with Crippen LogP contribution in [0.1, 0.15) is 37.8 Å². The van der Waals surface area contributed by atoms with Crippen LogP contribution in [0.4, 0.5) is 10.1 Å². The lowest BCUT2D eigenvalue weighted by atomic mass is 10.1. The molecule has 31 heavy (non-hydrogen) atoms. The van der Waals surface area contributed by atoms with Gasteiger partial charge in [-0.05, 0) is 43.7 Å². The Kier molecular flexibility index (Phi) is 5.21. The van der Waals surface area contributed by atoms with E-state index in [2.05, 4.69) is 15.4 Å². The van der Waals surface area contributed by atoms with Crippen LogP contribution < -0.4 is 11.1 Å². The molecule has 0 saturated carbocycles. The number of benzene rings is 2. The Hall–Kier alpha value is -4.07. The van der Waals surface area contributed by atoms with E-state index < -0.39 is 11.8 Å². The van der Waals surface area contributed by atoms with Crippen LogP contribution in [-0.2, 0) is 6.54 Å². The summed E-state index contributed by atoms with van der Waals surface area (Å²) in [5.74, 6) is -1.41. The molecule has 2 aromatic heterocycles. The van der Waals surface area contributed by atoms with E-state index in [-0.39, 0.29) is 17.1 Å². The van der Waals surface area contributed by atoms with Gasteiger partial charge in [-0.3, -0.25) is 14.3 Å². The highest BCUT2D eigenvalue weighted by Gasteiger charge is 2.19. The van der Waals surface area contributed by atoms with E-state index in [0.717, 1.165) is 11.3 Å². The van der Waals surface area contributed by atoms with Crippen LogP contribution >= 0.6 is 0 Å². The van der Waals surface area contributed by atoms with Crippen molar-refractivity contribution in [3.8, 4) is 0 Å². The van der Waals surface area contributed by atoms with Crippen molar-refractivity contribution in [2.24, 2.45) is 5.73 Å². The largest absolute Gasteiger partial charge is 0.366 e. The Morgan fingerprint density at radius 3 is 2.52 bits per heavy atom. The predicted octanol–water partition coefficient (Wildman–Crippen LogP) is 3.59. The molecule has 4 aromatic rings. The third-order valence-corrected chi connectivity index (χ3v) is 5.08. The third kappa shape index (κ3) is 4.00. The van der Waals surface area contributed by atoms with E-state index in [1.807, 2.05) is 6.92 Å². The van der Waals surface area contributed by atoms with Gasteiger partial charge < -0.3 is 11.1 Å². The highest BCUT2D eigenvalue weighted by Crippen LogP contribution is 2.23. The number of hydrogen-bond donors (Lipinski definition) is 2. The maximum atomic E-state index is 13.1. The Labute approximate surface area is 177 Å². The average Bonchev–Trinajstić information content (AvgIpc) is 3.01. The van der Waals surface area contributed by atoms with Crippen LogP contribution in [0.3, 0.4) is 0 Å². The number of fused-ring (bicyclic) bond motifs is 1. The number of hydrogen-bond acceptors (Lipinski definition) is 4. The molecule has 0 aliphatic carbocycles. The highest BCUT2D eigenvalue weighted by molar-refractivity contribution is 6.10. The number of carbonyl (C=O) groups is 2. The minimum Gasteiger partial charge on any atom is -0.366 e. The molecule has 2 heterocycles. The van der Waals surface area contributed by atoms with Crippen molar-refractivity contribution in [3.05, 3.63) is 88.6 Å². The maximum absolute atomic E-state index is 13.1. The molecule has 3 N–H and O–H groups in total. The SMILES string of the molecule is Cc1nn(Cc2ccc(F)cc2)c(C)c1NC(=O)c1cc(C(N)=O)c2ccccc2n1. The molecule has 4 rings (SSSR count). The molecule has 8 heteroatoms. The van der Waals surface area contributed by atoms with Gasteiger partial charge in [-0.1, -0.05) is 30.3 Å². The first-order valence-electron chi connectivity index (χ1n) is 9.63. The maximum Gasteiger partial charge on any atom is 0.274 e. The molecular weight excluding hydrogens is 397 g/mol. The molecule has 0 saturated heterocycles. The zero-order valence-electron chi connectivity index (χ0n) is 17.0. The number of rotatable bonds is 5. The number of aryl methyl sites for hydroxylation is 1. The Morgan fingerprint density at radius 1 is 1.10 bits per heavy atom. The first-order valence-corrected chi connectivity index (χ1v) is 9.63. The number of nitrogens with two attached hydrogens (primary N) is 1. The summed E-state index contributed by atoms with van der Waals surface area (Å²) in [5.41, 5.74) is 9.13. The summed E-state index contributed by atoms with van der Waals surface area (Å²) in [6.45, 7) is 4.05. The molecule has 0 aliphatic heterocycles. The molecule has 0 bridgehead atoms. The smallest absolute Gasteiger partial charge is 0.274 e. The lowest BCUT2D eigenvalue weighted by Gasteiger charge is -2.09. The van der Waals surface area contributed by atoms with Crippen LogP contribution in [0, 0.1) is 19.7 Å². The summed E-state index contributed by atoms with van der Waals surface area (Å²) < 4.78 is 14.9. The number of carbonyl (C=O) groups excluding carboxylic acids is 2. The summed E-state index contributed by atoms with van der Waals surface area (Å²) in [7, 11) is 0. The molecule has 0 aliphatic rings. The number of pyridine rings is 1. The van der Waals surface area contributed by atoms with Gasteiger partial charge >= 0.3 is 0 Å². The van der Waals surface area contributed by atoms with Crippen molar-refractivity contribution in [2.45, 2.75) is 20.4 Å². The number of anilines is 1. The standard InChI is InChI=1S/C23H20FN5O2/c1-13-21(14(2)29(28-13)12-15-7-9-16(24)10-8-15)27-23(31)20-11-18(22(25)30)17-5-3-4-6-19(17)26-20/h3-11H,12H2,1-2H3,(H2,25,30)(H,27,31). The minimum atomic E-state index is -0.632. The van der Waals surface area contributed by atoms with Gasteiger partial charge in [-0.25, -0.2) is 9.37 Å². The molecule has 0 fully saturated rings. The van der Waals surface area contributed by atoms with Gasteiger partial charge in [0.2, 0.25) is 5.91 Å². The van der Waals surface area contributed by atoms with Crippen LogP contribution in [0.25, 0.3) is 10.9 Å². The number of nitrogens with zero attached hydrogens (tertiary/aromatic N) is 3. The van der Waals surface area contributed by atoms with Crippen LogP contribution in [0.5, 0.6) is 0 Å². The molecule has 0 atom stereocenters. The molecule has 0 radical (unpaired) electrons. The lowest BCUT2D eigenvalue weighted by molar-refractivity contribution is 0.100. The first kappa shape index (κ1) is 20.2. The number of amides is 2. The molecule has 0 spiro atoms. The van der Waals surface area contributed by atoms with E-state index in [4.69, 9.17) is 5.73 Å². The average molecular weight is 417 g/mol. The summed E-state index contributed by atoms with van der Waals surface area (Å²) in [6, 6.07) is 14.6. The normalized spacial score (nSPS) is 10.9. The monoisotopic (exact) mass is 417 g/mol. The fourth-order valence-electron chi connectivity index (χ4n) is 3.47. The first-order chi connectivity index (χ1) is 14.8. The van der Waals surface area contributed by atoms with Gasteiger partial charge in [0.15, 0.2) is 0 Å². The van der Waals surface area contributed by atoms with Gasteiger partial charge in [0.05, 0.1) is 34.7 Å². The van der Waals surface area contributed by atoms with Crippen molar-refractivity contribution >= 4 is 28.4 Å². The molecule has 156 valence electrons. The van der Waals surface area contributed by atoms with E-state index in [9.17, 15) is 14.0 Å². The number of primary amides is 1. The lowest BCUT2D eigenvalue weighted by Crippen LogP contribution is -2.18. The van der Waals surface area contributed by atoms with Crippen LogP contribution in [0.2, 0.25) is 0 Å². The second-order valence-corrected chi connectivity index (χ2v) is 7.22. The Morgan fingerprint density at radius 2 is 1.81 bits per heavy atom. The molecular formula is C23H20FN5O2. The quantitative estimate of drug-likeness (QED) is 0.518. The van der Waals surface area contributed by atoms with Crippen molar-refractivity contribution in [3.63, 3.8) is 0 Å². The van der Waals surface area contributed by atoms with E-state index >= 15 is 0 Å². The van der Waals surface area contributed by atoms with Crippen LogP contribution in [-0.4, -0.2) is 26.6 Å². The van der Waals surface area contributed by atoms with Crippen molar-refractivity contribution in [1.82, 2.24) is 14.8 Å². The Balaban J connectivity index is 1.64. The zero-order chi connectivity index (χ0) is 22.1. The molecule has 2 amide bonds. The van der Waals surface area contributed by atoms with E-state index in [0.29, 0.717) is 28.8 Å².